The average Bonchev–Trinajstić information content (AvgIpc) is 3.18. The standard InChI is InChI=1S/C24H21F6N7O/c1-14-10-15(2)37(36-14)19-8-6-16(7-9-19)12-31-20-33-21(35-22(34-20)38-13-23(25,26)27)32-18-5-3-4-17(11-18)24(28,29)30/h3-11H,12-13H2,1-2H3,(H2,31,32,33,34,35). The van der Waals surface area contributed by atoms with E-state index in [1.807, 2.05) is 44.2 Å². The molecule has 0 atom stereocenters. The number of nitrogens with zero attached hydrogens (tertiary/aromatic N) is 5. The van der Waals surface area contributed by atoms with Crippen molar-refractivity contribution in [3.63, 3.8) is 0 Å². The number of ether oxygens (including phenoxy) is 1. The smallest absolute Gasteiger partial charge is 0.422 e. The molecule has 0 spiro atoms. The number of alkyl halides is 6. The van der Waals surface area contributed by atoms with Gasteiger partial charge in [-0.3, -0.25) is 0 Å². The summed E-state index contributed by atoms with van der Waals surface area (Å²) in [5.41, 5.74) is 2.52. The fraction of sp³-hybridized carbons (Fsp3) is 0.250. The van der Waals surface area contributed by atoms with E-state index in [0.717, 1.165) is 34.8 Å². The van der Waals surface area contributed by atoms with Gasteiger partial charge in [0, 0.05) is 17.9 Å². The molecule has 2 aromatic heterocycles. The molecular weight excluding hydrogens is 516 g/mol. The molecule has 0 saturated heterocycles. The molecule has 0 fully saturated rings. The molecule has 4 aromatic rings. The number of rotatable bonds is 8. The van der Waals surface area contributed by atoms with Crippen LogP contribution in [0.5, 0.6) is 6.01 Å². The summed E-state index contributed by atoms with van der Waals surface area (Å²) in [6.45, 7) is 2.34. The van der Waals surface area contributed by atoms with Gasteiger partial charge in [0.15, 0.2) is 6.61 Å². The maximum absolute atomic E-state index is 13.0. The second kappa shape index (κ2) is 10.6. The number of hydrogen-bond donors (Lipinski definition) is 2. The molecule has 0 radical (unpaired) electrons. The average molecular weight is 537 g/mol. The Morgan fingerprint density at radius 1 is 0.868 bits per heavy atom. The monoisotopic (exact) mass is 537 g/mol. The minimum absolute atomic E-state index is 0.0292. The molecule has 14 heteroatoms. The number of hydrogen-bond acceptors (Lipinski definition) is 7. The first-order valence-corrected chi connectivity index (χ1v) is 11.1. The van der Waals surface area contributed by atoms with Gasteiger partial charge in [-0.25, -0.2) is 4.68 Å². The zero-order valence-electron chi connectivity index (χ0n) is 20.0. The third kappa shape index (κ3) is 7.11. The summed E-state index contributed by atoms with van der Waals surface area (Å²) < 4.78 is 83.5. The lowest BCUT2D eigenvalue weighted by atomic mass is 10.2. The van der Waals surface area contributed by atoms with Gasteiger partial charge in [-0.2, -0.15) is 46.4 Å². The molecule has 0 aliphatic carbocycles. The van der Waals surface area contributed by atoms with Gasteiger partial charge >= 0.3 is 18.4 Å². The summed E-state index contributed by atoms with van der Waals surface area (Å²) in [5, 5.41) is 9.84. The second-order valence-corrected chi connectivity index (χ2v) is 8.23. The van der Waals surface area contributed by atoms with E-state index in [2.05, 4.69) is 35.4 Å². The Bertz CT molecular complexity index is 1400. The first-order chi connectivity index (χ1) is 17.9. The van der Waals surface area contributed by atoms with Gasteiger partial charge < -0.3 is 15.4 Å². The van der Waals surface area contributed by atoms with Gasteiger partial charge in [0.2, 0.25) is 11.9 Å². The van der Waals surface area contributed by atoms with E-state index in [1.165, 1.54) is 12.1 Å². The zero-order chi connectivity index (χ0) is 27.5. The summed E-state index contributed by atoms with van der Waals surface area (Å²) >= 11 is 0. The van der Waals surface area contributed by atoms with Crippen LogP contribution in [0.15, 0.2) is 54.6 Å². The molecule has 4 rings (SSSR count). The molecule has 2 aromatic carbocycles. The van der Waals surface area contributed by atoms with Crippen LogP contribution in [0.25, 0.3) is 5.69 Å². The SMILES string of the molecule is Cc1cc(C)n(-c2ccc(CNc3nc(Nc4cccc(C(F)(F)F)c4)nc(OCC(F)(F)F)n3)cc2)n1. The molecule has 0 unspecified atom stereocenters. The normalized spacial score (nSPS) is 11.9. The lowest BCUT2D eigenvalue weighted by Crippen LogP contribution is -2.21. The van der Waals surface area contributed by atoms with E-state index >= 15 is 0 Å². The van der Waals surface area contributed by atoms with E-state index in [-0.39, 0.29) is 24.1 Å². The van der Waals surface area contributed by atoms with Gasteiger partial charge in [0.25, 0.3) is 0 Å². The van der Waals surface area contributed by atoms with Crippen LogP contribution in [-0.2, 0) is 12.7 Å². The number of aryl methyl sites for hydroxylation is 2. The highest BCUT2D eigenvalue weighted by Gasteiger charge is 2.31. The molecule has 38 heavy (non-hydrogen) atoms. The van der Waals surface area contributed by atoms with E-state index in [4.69, 9.17) is 0 Å². The lowest BCUT2D eigenvalue weighted by molar-refractivity contribution is -0.154. The molecule has 2 heterocycles. The minimum atomic E-state index is -4.65. The van der Waals surface area contributed by atoms with Crippen molar-refractivity contribution in [1.82, 2.24) is 24.7 Å². The third-order valence-corrected chi connectivity index (χ3v) is 5.07. The van der Waals surface area contributed by atoms with Crippen molar-refractivity contribution in [3.05, 3.63) is 77.1 Å². The molecule has 8 nitrogen and oxygen atoms in total. The molecule has 200 valence electrons. The molecule has 0 aliphatic heterocycles. The van der Waals surface area contributed by atoms with Gasteiger partial charge in [0.05, 0.1) is 16.9 Å². The summed E-state index contributed by atoms with van der Waals surface area (Å²) in [5.74, 6) is -0.451. The Morgan fingerprint density at radius 3 is 2.21 bits per heavy atom. The topological polar surface area (TPSA) is 89.8 Å². The first kappa shape index (κ1) is 26.7. The van der Waals surface area contributed by atoms with Crippen LogP contribution in [0.3, 0.4) is 0 Å². The van der Waals surface area contributed by atoms with E-state index in [9.17, 15) is 26.3 Å². The van der Waals surface area contributed by atoms with Crippen molar-refractivity contribution in [1.29, 1.82) is 0 Å². The molecule has 0 saturated carbocycles. The van der Waals surface area contributed by atoms with E-state index in [0.29, 0.717) is 0 Å². The summed E-state index contributed by atoms with van der Waals surface area (Å²) in [7, 11) is 0. The van der Waals surface area contributed by atoms with Gasteiger partial charge in [-0.1, -0.05) is 18.2 Å². The van der Waals surface area contributed by atoms with Gasteiger partial charge in [-0.15, -0.1) is 0 Å². The Balaban J connectivity index is 1.53. The van der Waals surface area contributed by atoms with Crippen LogP contribution in [0, 0.1) is 13.8 Å². The maximum atomic E-state index is 13.0. The number of anilines is 3. The number of aromatic nitrogens is 5. The highest BCUT2D eigenvalue weighted by molar-refractivity contribution is 5.56. The third-order valence-electron chi connectivity index (χ3n) is 5.07. The van der Waals surface area contributed by atoms with E-state index < -0.39 is 30.5 Å². The predicted octanol–water partition coefficient (Wildman–Crippen LogP) is 5.99. The van der Waals surface area contributed by atoms with Crippen LogP contribution in [0.2, 0.25) is 0 Å². The number of benzene rings is 2. The summed E-state index contributed by atoms with van der Waals surface area (Å²) in [6, 6.07) is 12.8. The Morgan fingerprint density at radius 2 is 1.58 bits per heavy atom. The molecule has 0 bridgehead atoms. The Kier molecular flexibility index (Phi) is 7.41. The lowest BCUT2D eigenvalue weighted by Gasteiger charge is -2.13. The molecule has 2 N–H and O–H groups in total. The first-order valence-electron chi connectivity index (χ1n) is 11.1. The molecule has 0 aliphatic rings. The van der Waals surface area contributed by atoms with Crippen molar-refractivity contribution >= 4 is 17.6 Å². The van der Waals surface area contributed by atoms with Gasteiger partial charge in [-0.05, 0) is 55.8 Å². The number of nitrogens with one attached hydrogen (secondary N) is 2. The largest absolute Gasteiger partial charge is 0.454 e. The highest BCUT2D eigenvalue weighted by Crippen LogP contribution is 2.31. The van der Waals surface area contributed by atoms with Crippen LogP contribution in [0.4, 0.5) is 43.9 Å². The maximum Gasteiger partial charge on any atom is 0.422 e. The predicted molar refractivity (Wildman–Crippen MR) is 126 cm³/mol. The van der Waals surface area contributed by atoms with Crippen LogP contribution < -0.4 is 15.4 Å². The number of halogens is 6. The zero-order valence-corrected chi connectivity index (χ0v) is 20.0. The van der Waals surface area contributed by atoms with Crippen molar-refractivity contribution in [3.8, 4) is 11.7 Å². The Labute approximate surface area is 212 Å². The second-order valence-electron chi connectivity index (χ2n) is 8.23. The Hall–Kier alpha value is -4.36. The summed E-state index contributed by atoms with van der Waals surface area (Å²) in [6.07, 6.45) is -9.24. The van der Waals surface area contributed by atoms with Gasteiger partial charge in [0.1, 0.15) is 0 Å². The molecule has 0 amide bonds. The quantitative estimate of drug-likeness (QED) is 0.267. The van der Waals surface area contributed by atoms with Crippen LogP contribution in [-0.4, -0.2) is 37.5 Å². The van der Waals surface area contributed by atoms with Crippen molar-refractivity contribution in [2.24, 2.45) is 0 Å². The highest BCUT2D eigenvalue weighted by atomic mass is 19.4. The fourth-order valence-electron chi connectivity index (χ4n) is 3.43. The van der Waals surface area contributed by atoms with Crippen LogP contribution in [0.1, 0.15) is 22.5 Å². The van der Waals surface area contributed by atoms with Crippen LogP contribution >= 0.6 is 0 Å². The van der Waals surface area contributed by atoms with Crippen molar-refractivity contribution in [2.75, 3.05) is 17.2 Å². The van der Waals surface area contributed by atoms with Crippen molar-refractivity contribution in [2.45, 2.75) is 32.7 Å². The summed E-state index contributed by atoms with van der Waals surface area (Å²) in [4.78, 5) is 11.6. The van der Waals surface area contributed by atoms with E-state index in [1.54, 1.807) is 4.68 Å². The molecular formula is C24H21F6N7O. The fourth-order valence-corrected chi connectivity index (χ4v) is 3.43. The minimum Gasteiger partial charge on any atom is -0.454 e. The van der Waals surface area contributed by atoms with Crippen molar-refractivity contribution < 1.29 is 31.1 Å².